The molecule has 0 aliphatic carbocycles. The van der Waals surface area contributed by atoms with Crippen molar-refractivity contribution < 1.29 is 9.18 Å². The highest BCUT2D eigenvalue weighted by Gasteiger charge is 2.25. The van der Waals surface area contributed by atoms with E-state index >= 15 is 0 Å². The van der Waals surface area contributed by atoms with Crippen LogP contribution in [0.2, 0.25) is 0 Å². The van der Waals surface area contributed by atoms with Gasteiger partial charge in [-0.1, -0.05) is 25.1 Å². The third-order valence-corrected chi connectivity index (χ3v) is 4.38. The predicted octanol–water partition coefficient (Wildman–Crippen LogP) is 1.28. The molecule has 6 nitrogen and oxygen atoms in total. The minimum Gasteiger partial charge on any atom is -0.333 e. The number of carbonyl (C=O) groups is 1. The van der Waals surface area contributed by atoms with Gasteiger partial charge in [-0.15, -0.1) is 10.2 Å². The van der Waals surface area contributed by atoms with Gasteiger partial charge in [0.15, 0.2) is 5.82 Å². The summed E-state index contributed by atoms with van der Waals surface area (Å²) in [6.45, 7) is 3.83. The van der Waals surface area contributed by atoms with Gasteiger partial charge in [-0.2, -0.15) is 0 Å². The monoisotopic (exact) mass is 331 g/mol. The topological polar surface area (TPSA) is 77.0 Å². The Hall–Kier alpha value is -2.28. The molecule has 1 aliphatic rings. The molecule has 1 aliphatic heterocycles. The first-order valence-corrected chi connectivity index (χ1v) is 8.26. The van der Waals surface area contributed by atoms with Crippen LogP contribution >= 0.6 is 0 Å². The number of carbonyl (C=O) groups excluding carboxylic acids is 1. The molecule has 0 bridgehead atoms. The Morgan fingerprint density at radius 3 is 2.88 bits per heavy atom. The Morgan fingerprint density at radius 1 is 1.33 bits per heavy atom. The largest absolute Gasteiger partial charge is 0.333 e. The van der Waals surface area contributed by atoms with Crippen molar-refractivity contribution in [3.05, 3.63) is 47.3 Å². The molecular weight excluding hydrogens is 309 g/mol. The number of nitrogens with two attached hydrogens (primary N) is 1. The molecule has 3 rings (SSSR count). The van der Waals surface area contributed by atoms with Crippen molar-refractivity contribution >= 4 is 5.91 Å². The number of nitrogens with zero attached hydrogens (tertiary/aromatic N) is 4. The maximum Gasteiger partial charge on any atom is 0.224 e. The van der Waals surface area contributed by atoms with Gasteiger partial charge in [0.05, 0.1) is 6.54 Å². The van der Waals surface area contributed by atoms with Crippen molar-refractivity contribution in [2.45, 2.75) is 45.3 Å². The summed E-state index contributed by atoms with van der Waals surface area (Å²) in [7, 11) is 0. The first kappa shape index (κ1) is 16.6. The average molecular weight is 331 g/mol. The Kier molecular flexibility index (Phi) is 4.89. The second-order valence-corrected chi connectivity index (χ2v) is 6.11. The fourth-order valence-corrected chi connectivity index (χ4v) is 3.06. The van der Waals surface area contributed by atoms with Gasteiger partial charge in [-0.05, 0) is 18.1 Å². The number of rotatable bonds is 5. The smallest absolute Gasteiger partial charge is 0.224 e. The van der Waals surface area contributed by atoms with Crippen molar-refractivity contribution in [1.82, 2.24) is 19.7 Å². The van der Waals surface area contributed by atoms with E-state index in [1.807, 2.05) is 6.92 Å². The van der Waals surface area contributed by atoms with Crippen LogP contribution in [0.15, 0.2) is 24.3 Å². The molecule has 1 amide bonds. The number of aromatic nitrogens is 3. The molecule has 0 saturated heterocycles. The Morgan fingerprint density at radius 2 is 2.12 bits per heavy atom. The van der Waals surface area contributed by atoms with Crippen molar-refractivity contribution in [3.8, 4) is 0 Å². The Balaban J connectivity index is 1.58. The number of fused-ring (bicyclic) bond motifs is 1. The number of aryl methyl sites for hydroxylation is 1. The zero-order chi connectivity index (χ0) is 17.1. The molecule has 0 unspecified atom stereocenters. The molecule has 1 aromatic heterocycles. The third kappa shape index (κ3) is 3.46. The number of hydrogen-bond donors (Lipinski definition) is 1. The van der Waals surface area contributed by atoms with Gasteiger partial charge in [-0.25, -0.2) is 4.39 Å². The summed E-state index contributed by atoms with van der Waals surface area (Å²) in [5.74, 6) is 1.46. The normalized spacial score (nSPS) is 15.2. The van der Waals surface area contributed by atoms with Crippen molar-refractivity contribution in [2.24, 2.45) is 5.73 Å². The summed E-state index contributed by atoms with van der Waals surface area (Å²) >= 11 is 0. The number of amides is 1. The second-order valence-electron chi connectivity index (χ2n) is 6.11. The Bertz CT molecular complexity index is 730. The molecule has 0 saturated carbocycles. The summed E-state index contributed by atoms with van der Waals surface area (Å²) in [5.41, 5.74) is 6.60. The Labute approximate surface area is 140 Å². The fraction of sp³-hybridized carbons (Fsp3) is 0.471. The molecule has 0 spiro atoms. The SMILES string of the molecule is CCc1nnc2n1CCN(C(=O)C[C@H](N)Cc1ccccc1F)C2. The summed E-state index contributed by atoms with van der Waals surface area (Å²) in [5, 5.41) is 8.30. The average Bonchev–Trinajstić information content (AvgIpc) is 2.99. The molecule has 1 aromatic carbocycles. The van der Waals surface area contributed by atoms with Gasteiger partial charge in [0, 0.05) is 32.0 Å². The van der Waals surface area contributed by atoms with Gasteiger partial charge in [0.25, 0.3) is 0 Å². The van der Waals surface area contributed by atoms with Crippen LogP contribution in [0.1, 0.15) is 30.6 Å². The lowest BCUT2D eigenvalue weighted by Gasteiger charge is -2.28. The second kappa shape index (κ2) is 7.09. The first-order valence-electron chi connectivity index (χ1n) is 8.26. The molecule has 0 fully saturated rings. The van der Waals surface area contributed by atoms with E-state index in [9.17, 15) is 9.18 Å². The lowest BCUT2D eigenvalue weighted by molar-refractivity contribution is -0.133. The maximum absolute atomic E-state index is 13.7. The summed E-state index contributed by atoms with van der Waals surface area (Å²) in [6.07, 6.45) is 1.37. The zero-order valence-electron chi connectivity index (χ0n) is 13.8. The van der Waals surface area contributed by atoms with Crippen LogP contribution in [0, 0.1) is 5.82 Å². The van der Waals surface area contributed by atoms with Crippen molar-refractivity contribution in [2.75, 3.05) is 6.54 Å². The fourth-order valence-electron chi connectivity index (χ4n) is 3.06. The predicted molar refractivity (Wildman–Crippen MR) is 87.5 cm³/mol. The molecule has 128 valence electrons. The standard InChI is InChI=1S/C17H22FN5O/c1-2-15-20-21-16-11-22(7-8-23(15)16)17(24)10-13(19)9-12-5-3-4-6-14(12)18/h3-6,13H,2,7-11,19H2,1H3/t13-/m1/s1. The molecular formula is C17H22FN5O. The van der Waals surface area contributed by atoms with Crippen molar-refractivity contribution in [1.29, 1.82) is 0 Å². The highest BCUT2D eigenvalue weighted by molar-refractivity contribution is 5.76. The summed E-state index contributed by atoms with van der Waals surface area (Å²) < 4.78 is 15.7. The van der Waals surface area contributed by atoms with E-state index in [4.69, 9.17) is 5.73 Å². The quantitative estimate of drug-likeness (QED) is 0.895. The molecule has 2 heterocycles. The van der Waals surface area contributed by atoms with E-state index in [0.717, 1.165) is 18.1 Å². The van der Waals surface area contributed by atoms with Gasteiger partial charge in [0.2, 0.25) is 5.91 Å². The van der Waals surface area contributed by atoms with Gasteiger partial charge >= 0.3 is 0 Å². The number of benzene rings is 1. The molecule has 0 radical (unpaired) electrons. The summed E-state index contributed by atoms with van der Waals surface area (Å²) in [4.78, 5) is 14.2. The lowest BCUT2D eigenvalue weighted by Crippen LogP contribution is -2.41. The maximum atomic E-state index is 13.7. The van der Waals surface area contributed by atoms with E-state index in [-0.39, 0.29) is 18.1 Å². The van der Waals surface area contributed by atoms with E-state index < -0.39 is 6.04 Å². The highest BCUT2D eigenvalue weighted by Crippen LogP contribution is 2.15. The van der Waals surface area contributed by atoms with Gasteiger partial charge in [-0.3, -0.25) is 4.79 Å². The molecule has 24 heavy (non-hydrogen) atoms. The van der Waals surface area contributed by atoms with Crippen molar-refractivity contribution in [3.63, 3.8) is 0 Å². The van der Waals surface area contributed by atoms with Crippen LogP contribution in [0.4, 0.5) is 4.39 Å². The molecule has 1 atom stereocenters. The van der Waals surface area contributed by atoms with Gasteiger partial charge < -0.3 is 15.2 Å². The van der Waals surface area contributed by atoms with Crippen LogP contribution in [-0.4, -0.2) is 38.2 Å². The minimum absolute atomic E-state index is 0.0221. The lowest BCUT2D eigenvalue weighted by atomic mass is 10.0. The van der Waals surface area contributed by atoms with Gasteiger partial charge in [0.1, 0.15) is 11.6 Å². The van der Waals surface area contributed by atoms with Crippen LogP contribution < -0.4 is 5.73 Å². The number of halogens is 1. The third-order valence-electron chi connectivity index (χ3n) is 4.38. The van der Waals surface area contributed by atoms with E-state index in [0.29, 0.717) is 31.6 Å². The zero-order valence-corrected chi connectivity index (χ0v) is 13.8. The van der Waals surface area contributed by atoms with Crippen LogP contribution in [0.3, 0.4) is 0 Å². The minimum atomic E-state index is -0.402. The highest BCUT2D eigenvalue weighted by atomic mass is 19.1. The molecule has 2 aromatic rings. The van der Waals surface area contributed by atoms with E-state index in [2.05, 4.69) is 14.8 Å². The first-order chi connectivity index (χ1) is 11.6. The van der Waals surface area contributed by atoms with Crippen LogP contribution in [0.5, 0.6) is 0 Å². The number of hydrogen-bond acceptors (Lipinski definition) is 4. The summed E-state index contributed by atoms with van der Waals surface area (Å²) in [6, 6.07) is 6.13. The van der Waals surface area contributed by atoms with E-state index in [1.54, 1.807) is 23.1 Å². The van der Waals surface area contributed by atoms with Crippen LogP contribution in [0.25, 0.3) is 0 Å². The van der Waals surface area contributed by atoms with E-state index in [1.165, 1.54) is 6.07 Å². The van der Waals surface area contributed by atoms with Crippen LogP contribution in [-0.2, 0) is 30.7 Å². The molecule has 7 heteroatoms. The molecule has 2 N–H and O–H groups in total.